The van der Waals surface area contributed by atoms with E-state index < -0.39 is 42.6 Å². The van der Waals surface area contributed by atoms with E-state index in [9.17, 15) is 30.0 Å². The van der Waals surface area contributed by atoms with Crippen LogP contribution >= 0.6 is 0 Å². The first-order valence-corrected chi connectivity index (χ1v) is 12.1. The van der Waals surface area contributed by atoms with Crippen LogP contribution in [0.4, 0.5) is 13.2 Å². The predicted octanol–water partition coefficient (Wildman–Crippen LogP) is 2.97. The van der Waals surface area contributed by atoms with E-state index in [4.69, 9.17) is 0 Å². The van der Waals surface area contributed by atoms with E-state index in [1.165, 1.54) is 0 Å². The highest BCUT2D eigenvalue weighted by molar-refractivity contribution is 7.93. The zero-order chi connectivity index (χ0) is 19.9. The maximum atomic E-state index is 12.6. The number of hydrogen-bond acceptors (Lipinski definition) is 4. The van der Waals surface area contributed by atoms with Gasteiger partial charge < -0.3 is 0 Å². The third kappa shape index (κ3) is 4.48. The molecule has 1 aliphatic carbocycles. The third-order valence-corrected chi connectivity index (χ3v) is 9.73. The van der Waals surface area contributed by atoms with Gasteiger partial charge in [0, 0.05) is 13.1 Å². The van der Waals surface area contributed by atoms with Crippen molar-refractivity contribution in [1.29, 1.82) is 0 Å². The van der Waals surface area contributed by atoms with Gasteiger partial charge in [-0.05, 0) is 30.5 Å². The molecular formula is C17H22F3NO4S2. The fourth-order valence-electron chi connectivity index (χ4n) is 3.59. The number of sulfone groups is 1. The highest BCUT2D eigenvalue weighted by Gasteiger charge is 2.46. The fourth-order valence-corrected chi connectivity index (χ4v) is 7.70. The summed E-state index contributed by atoms with van der Waals surface area (Å²) in [7, 11) is -7.11. The number of hydrogen-bond donors (Lipinski definition) is 0. The fraction of sp³-hybridized carbons (Fsp3) is 0.647. The van der Waals surface area contributed by atoms with E-state index in [0.29, 0.717) is 12.8 Å². The van der Waals surface area contributed by atoms with E-state index in [-0.39, 0.29) is 23.9 Å². The average Bonchev–Trinajstić information content (AvgIpc) is 2.53. The zero-order valence-electron chi connectivity index (χ0n) is 14.7. The summed E-state index contributed by atoms with van der Waals surface area (Å²) in [4.78, 5) is 0. The summed E-state index contributed by atoms with van der Waals surface area (Å²) in [6.45, 7) is -0.135. The molecule has 0 atom stereocenters. The maximum absolute atomic E-state index is 12.6. The van der Waals surface area contributed by atoms with Gasteiger partial charge in [-0.15, -0.1) is 0 Å². The summed E-state index contributed by atoms with van der Waals surface area (Å²) >= 11 is 0. The standard InChI is InChI=1S/C17H22F3NO4S2/c18-17(19,20)14-8-6-13(7-9-14)12-26(22,23)21-10-16(11-21)27(24,25)15-4-2-1-3-5-15/h6-9,15-16H,1-5,10-12H2. The number of benzene rings is 1. The third-order valence-electron chi connectivity index (χ3n) is 5.32. The molecule has 10 heteroatoms. The smallest absolute Gasteiger partial charge is 0.228 e. The van der Waals surface area contributed by atoms with Gasteiger partial charge in [0.25, 0.3) is 0 Å². The summed E-state index contributed by atoms with van der Waals surface area (Å²) in [5, 5.41) is -1.06. The number of rotatable bonds is 5. The Hall–Kier alpha value is -1.13. The molecule has 0 unspecified atom stereocenters. The number of alkyl halides is 3. The summed E-state index contributed by atoms with van der Waals surface area (Å²) in [6, 6.07) is 3.96. The van der Waals surface area contributed by atoms with Crippen LogP contribution in [0.2, 0.25) is 0 Å². The first kappa shape index (κ1) is 20.6. The van der Waals surface area contributed by atoms with Gasteiger partial charge in [-0.2, -0.15) is 17.5 Å². The molecule has 2 fully saturated rings. The zero-order valence-corrected chi connectivity index (χ0v) is 16.3. The lowest BCUT2D eigenvalue weighted by Gasteiger charge is -2.39. The molecule has 5 nitrogen and oxygen atoms in total. The molecule has 0 bridgehead atoms. The summed E-state index contributed by atoms with van der Waals surface area (Å²) in [5.74, 6) is -0.443. The topological polar surface area (TPSA) is 71.5 Å². The number of sulfonamides is 1. The van der Waals surface area contributed by atoms with Crippen molar-refractivity contribution in [1.82, 2.24) is 4.31 Å². The highest BCUT2D eigenvalue weighted by Crippen LogP contribution is 2.32. The molecule has 0 aromatic heterocycles. The van der Waals surface area contributed by atoms with Crippen molar-refractivity contribution in [2.45, 2.75) is 54.5 Å². The molecule has 2 aliphatic rings. The molecule has 1 aromatic rings. The van der Waals surface area contributed by atoms with Crippen LogP contribution in [0.15, 0.2) is 24.3 Å². The van der Waals surface area contributed by atoms with Crippen molar-refractivity contribution in [3.05, 3.63) is 35.4 Å². The van der Waals surface area contributed by atoms with Crippen LogP contribution in [0.1, 0.15) is 43.2 Å². The van der Waals surface area contributed by atoms with Crippen molar-refractivity contribution >= 4 is 19.9 Å². The second-order valence-corrected chi connectivity index (χ2v) is 11.7. The Morgan fingerprint density at radius 1 is 0.889 bits per heavy atom. The molecule has 1 saturated heterocycles. The number of halogens is 3. The lowest BCUT2D eigenvalue weighted by Crippen LogP contribution is -2.58. The largest absolute Gasteiger partial charge is 0.416 e. The van der Waals surface area contributed by atoms with Gasteiger partial charge in [-0.25, -0.2) is 16.8 Å². The molecule has 0 N–H and O–H groups in total. The monoisotopic (exact) mass is 425 g/mol. The Balaban J connectivity index is 1.61. The van der Waals surface area contributed by atoms with Gasteiger partial charge in [0.2, 0.25) is 10.0 Å². The van der Waals surface area contributed by atoms with Gasteiger partial charge in [-0.3, -0.25) is 0 Å². The highest BCUT2D eigenvalue weighted by atomic mass is 32.2. The molecule has 1 aliphatic heterocycles. The van der Waals surface area contributed by atoms with Crippen molar-refractivity contribution < 1.29 is 30.0 Å². The minimum absolute atomic E-state index is 0.0677. The van der Waals surface area contributed by atoms with Gasteiger partial charge in [0.05, 0.1) is 21.8 Å². The normalized spacial score (nSPS) is 21.1. The van der Waals surface area contributed by atoms with Crippen LogP contribution < -0.4 is 0 Å². The second-order valence-electron chi connectivity index (χ2n) is 7.24. The SMILES string of the molecule is O=S(=O)(C1CCCCC1)C1CN(S(=O)(=O)Cc2ccc(C(F)(F)F)cc2)C1. The Morgan fingerprint density at radius 3 is 1.96 bits per heavy atom. The van der Waals surface area contributed by atoms with Crippen LogP contribution in [-0.2, 0) is 31.8 Å². The van der Waals surface area contributed by atoms with Gasteiger partial charge in [0.1, 0.15) is 0 Å². The second kappa shape index (κ2) is 7.36. The molecule has 152 valence electrons. The average molecular weight is 425 g/mol. The van der Waals surface area contributed by atoms with Crippen LogP contribution in [0.25, 0.3) is 0 Å². The lowest BCUT2D eigenvalue weighted by atomic mass is 10.0. The number of nitrogens with zero attached hydrogens (tertiary/aromatic N) is 1. The summed E-state index contributed by atoms with van der Waals surface area (Å²) < 4.78 is 88.9. The Morgan fingerprint density at radius 2 is 1.44 bits per heavy atom. The Kier molecular flexibility index (Phi) is 5.62. The van der Waals surface area contributed by atoms with Crippen molar-refractivity contribution in [3.8, 4) is 0 Å². The van der Waals surface area contributed by atoms with Crippen molar-refractivity contribution in [2.24, 2.45) is 0 Å². The Bertz CT molecular complexity index is 868. The van der Waals surface area contributed by atoms with E-state index in [1.54, 1.807) is 0 Å². The van der Waals surface area contributed by atoms with Crippen molar-refractivity contribution in [3.63, 3.8) is 0 Å². The van der Waals surface area contributed by atoms with E-state index in [2.05, 4.69) is 0 Å². The minimum atomic E-state index is -4.48. The van der Waals surface area contributed by atoms with Gasteiger partial charge >= 0.3 is 6.18 Å². The maximum Gasteiger partial charge on any atom is 0.416 e. The van der Waals surface area contributed by atoms with Crippen LogP contribution in [0.5, 0.6) is 0 Å². The molecule has 0 amide bonds. The molecular weight excluding hydrogens is 403 g/mol. The first-order chi connectivity index (χ1) is 12.5. The van der Waals surface area contributed by atoms with Gasteiger partial charge in [-0.1, -0.05) is 31.4 Å². The quantitative estimate of drug-likeness (QED) is 0.727. The lowest BCUT2D eigenvalue weighted by molar-refractivity contribution is -0.137. The molecule has 1 aromatic carbocycles. The van der Waals surface area contributed by atoms with Gasteiger partial charge in [0.15, 0.2) is 9.84 Å². The first-order valence-electron chi connectivity index (χ1n) is 8.87. The Labute approximate surface area is 157 Å². The molecule has 0 radical (unpaired) electrons. The van der Waals surface area contributed by atoms with Crippen LogP contribution in [0, 0.1) is 0 Å². The molecule has 1 saturated carbocycles. The van der Waals surface area contributed by atoms with E-state index >= 15 is 0 Å². The predicted molar refractivity (Wildman–Crippen MR) is 95.2 cm³/mol. The molecule has 1 heterocycles. The minimum Gasteiger partial charge on any atom is -0.228 e. The van der Waals surface area contributed by atoms with E-state index in [1.807, 2.05) is 0 Å². The summed E-state index contributed by atoms with van der Waals surface area (Å²) in [6.07, 6.45) is -0.409. The van der Waals surface area contributed by atoms with Crippen LogP contribution in [0.3, 0.4) is 0 Å². The van der Waals surface area contributed by atoms with Crippen LogP contribution in [-0.4, -0.2) is 44.7 Å². The molecule has 0 spiro atoms. The molecule has 3 rings (SSSR count). The van der Waals surface area contributed by atoms with Crippen molar-refractivity contribution in [2.75, 3.05) is 13.1 Å². The van der Waals surface area contributed by atoms with E-state index in [0.717, 1.165) is 47.8 Å². The summed E-state index contributed by atoms with van der Waals surface area (Å²) in [5.41, 5.74) is -0.604. The molecule has 27 heavy (non-hydrogen) atoms.